The Morgan fingerprint density at radius 3 is 2.67 bits per heavy atom. The van der Waals surface area contributed by atoms with E-state index in [2.05, 4.69) is 40.2 Å². The van der Waals surface area contributed by atoms with E-state index >= 15 is 0 Å². The molecule has 1 N–H and O–H groups in total. The normalized spacial score (nSPS) is 12.6. The number of halogens is 2. The summed E-state index contributed by atoms with van der Waals surface area (Å²) in [6.45, 7) is 7.61. The molecule has 0 saturated carbocycles. The third-order valence-corrected chi connectivity index (χ3v) is 4.56. The van der Waals surface area contributed by atoms with Gasteiger partial charge in [0.2, 0.25) is 0 Å². The predicted molar refractivity (Wildman–Crippen MR) is 86.6 cm³/mol. The van der Waals surface area contributed by atoms with E-state index in [1.807, 2.05) is 23.7 Å². The van der Waals surface area contributed by atoms with Gasteiger partial charge in [0.25, 0.3) is 0 Å². The summed E-state index contributed by atoms with van der Waals surface area (Å²) in [5.74, 6) is -0.171. The standard InChI is InChI=1S/C16H21BrFN3/c1-4-14-16(17)15(21(5-2)20-14)10-19-11(3)12-8-6-7-9-13(12)18/h6-9,11,19H,4-5,10H2,1-3H3. The van der Waals surface area contributed by atoms with Gasteiger partial charge in [-0.05, 0) is 42.3 Å². The van der Waals surface area contributed by atoms with Gasteiger partial charge in [-0.3, -0.25) is 4.68 Å². The van der Waals surface area contributed by atoms with E-state index in [1.54, 1.807) is 6.07 Å². The fourth-order valence-electron chi connectivity index (χ4n) is 2.37. The second-order valence-electron chi connectivity index (χ2n) is 5.00. The van der Waals surface area contributed by atoms with Gasteiger partial charge in [-0.15, -0.1) is 0 Å². The molecular formula is C16H21BrFN3. The first-order valence-electron chi connectivity index (χ1n) is 7.30. The van der Waals surface area contributed by atoms with Crippen molar-refractivity contribution in [2.45, 2.75) is 46.3 Å². The molecule has 1 aromatic carbocycles. The minimum absolute atomic E-state index is 0.0524. The zero-order valence-corrected chi connectivity index (χ0v) is 14.2. The summed E-state index contributed by atoms with van der Waals surface area (Å²) in [5, 5.41) is 7.95. The van der Waals surface area contributed by atoms with Crippen LogP contribution in [-0.2, 0) is 19.5 Å². The van der Waals surface area contributed by atoms with E-state index in [9.17, 15) is 4.39 Å². The van der Waals surface area contributed by atoms with Gasteiger partial charge in [-0.1, -0.05) is 25.1 Å². The Bertz CT molecular complexity index is 610. The summed E-state index contributed by atoms with van der Waals surface area (Å²) in [7, 11) is 0. The Hall–Kier alpha value is -1.20. The molecule has 1 atom stereocenters. The van der Waals surface area contributed by atoms with Gasteiger partial charge in [0.1, 0.15) is 5.82 Å². The maximum atomic E-state index is 13.8. The first kappa shape index (κ1) is 16.2. The van der Waals surface area contributed by atoms with Crippen molar-refractivity contribution in [1.29, 1.82) is 0 Å². The molecule has 0 radical (unpaired) electrons. The number of aryl methyl sites for hydroxylation is 2. The molecule has 0 bridgehead atoms. The predicted octanol–water partition coefficient (Wildman–Crippen LogP) is 4.22. The van der Waals surface area contributed by atoms with Gasteiger partial charge in [-0.2, -0.15) is 5.10 Å². The second kappa shape index (κ2) is 7.18. The van der Waals surface area contributed by atoms with E-state index in [0.29, 0.717) is 12.1 Å². The van der Waals surface area contributed by atoms with Crippen molar-refractivity contribution >= 4 is 15.9 Å². The van der Waals surface area contributed by atoms with Crippen molar-refractivity contribution in [2.24, 2.45) is 0 Å². The number of aromatic nitrogens is 2. The molecule has 2 rings (SSSR count). The number of hydrogen-bond acceptors (Lipinski definition) is 2. The highest BCUT2D eigenvalue weighted by atomic mass is 79.9. The Balaban J connectivity index is 2.13. The average Bonchev–Trinajstić information content (AvgIpc) is 2.80. The summed E-state index contributed by atoms with van der Waals surface area (Å²) < 4.78 is 16.8. The molecule has 1 heterocycles. The number of nitrogens with one attached hydrogen (secondary N) is 1. The van der Waals surface area contributed by atoms with Crippen LogP contribution in [-0.4, -0.2) is 9.78 Å². The maximum absolute atomic E-state index is 13.8. The summed E-state index contributed by atoms with van der Waals surface area (Å²) >= 11 is 3.63. The SMILES string of the molecule is CCc1nn(CC)c(CNC(C)c2ccccc2F)c1Br. The van der Waals surface area contributed by atoms with Crippen LogP contribution in [0.5, 0.6) is 0 Å². The minimum atomic E-state index is -0.171. The molecule has 1 unspecified atom stereocenters. The Morgan fingerprint density at radius 1 is 1.33 bits per heavy atom. The van der Waals surface area contributed by atoms with Gasteiger partial charge in [0.05, 0.1) is 15.9 Å². The van der Waals surface area contributed by atoms with Gasteiger partial charge in [0.15, 0.2) is 0 Å². The molecule has 1 aromatic heterocycles. The summed E-state index contributed by atoms with van der Waals surface area (Å²) in [6, 6.07) is 6.83. The lowest BCUT2D eigenvalue weighted by molar-refractivity contribution is 0.505. The third kappa shape index (κ3) is 3.52. The van der Waals surface area contributed by atoms with Gasteiger partial charge in [-0.25, -0.2) is 4.39 Å². The Morgan fingerprint density at radius 2 is 2.05 bits per heavy atom. The number of hydrogen-bond donors (Lipinski definition) is 1. The summed E-state index contributed by atoms with van der Waals surface area (Å²) in [6.07, 6.45) is 0.892. The van der Waals surface area contributed by atoms with Gasteiger partial charge >= 0.3 is 0 Å². The quantitative estimate of drug-likeness (QED) is 0.842. The highest BCUT2D eigenvalue weighted by Gasteiger charge is 2.16. The van der Waals surface area contributed by atoms with Crippen LogP contribution in [0.2, 0.25) is 0 Å². The van der Waals surface area contributed by atoms with Crippen LogP contribution >= 0.6 is 15.9 Å². The number of rotatable bonds is 6. The molecule has 0 saturated heterocycles. The summed E-state index contributed by atoms with van der Waals surface area (Å²) in [4.78, 5) is 0. The smallest absolute Gasteiger partial charge is 0.127 e. The minimum Gasteiger partial charge on any atom is -0.304 e. The monoisotopic (exact) mass is 353 g/mol. The topological polar surface area (TPSA) is 29.9 Å². The number of nitrogens with zero attached hydrogens (tertiary/aromatic N) is 2. The molecule has 0 fully saturated rings. The van der Waals surface area contributed by atoms with E-state index < -0.39 is 0 Å². The van der Waals surface area contributed by atoms with Crippen LogP contribution in [0, 0.1) is 5.82 Å². The lowest BCUT2D eigenvalue weighted by Crippen LogP contribution is -2.21. The molecule has 3 nitrogen and oxygen atoms in total. The lowest BCUT2D eigenvalue weighted by atomic mass is 10.1. The van der Waals surface area contributed by atoms with Gasteiger partial charge in [0, 0.05) is 24.7 Å². The molecule has 0 aliphatic heterocycles. The summed E-state index contributed by atoms with van der Waals surface area (Å²) in [5.41, 5.74) is 2.86. The largest absolute Gasteiger partial charge is 0.304 e. The zero-order chi connectivity index (χ0) is 15.4. The molecule has 2 aromatic rings. The number of benzene rings is 1. The maximum Gasteiger partial charge on any atom is 0.127 e. The van der Waals surface area contributed by atoms with Crippen molar-refractivity contribution in [3.05, 3.63) is 51.5 Å². The highest BCUT2D eigenvalue weighted by molar-refractivity contribution is 9.10. The molecule has 5 heteroatoms. The third-order valence-electron chi connectivity index (χ3n) is 3.64. The first-order valence-corrected chi connectivity index (χ1v) is 8.09. The van der Waals surface area contributed by atoms with Crippen LogP contribution < -0.4 is 5.32 Å². The highest BCUT2D eigenvalue weighted by Crippen LogP contribution is 2.23. The van der Waals surface area contributed by atoms with Crippen LogP contribution in [0.25, 0.3) is 0 Å². The molecule has 0 amide bonds. The zero-order valence-electron chi connectivity index (χ0n) is 12.7. The fraction of sp³-hybridized carbons (Fsp3) is 0.438. The van der Waals surface area contributed by atoms with Crippen molar-refractivity contribution in [3.63, 3.8) is 0 Å². The van der Waals surface area contributed by atoms with Crippen molar-refractivity contribution in [1.82, 2.24) is 15.1 Å². The molecular weight excluding hydrogens is 333 g/mol. The van der Waals surface area contributed by atoms with Crippen LogP contribution in [0.15, 0.2) is 28.7 Å². The van der Waals surface area contributed by atoms with Crippen LogP contribution in [0.1, 0.15) is 43.8 Å². The van der Waals surface area contributed by atoms with Crippen molar-refractivity contribution < 1.29 is 4.39 Å². The van der Waals surface area contributed by atoms with E-state index in [1.165, 1.54) is 6.07 Å². The van der Waals surface area contributed by atoms with Crippen molar-refractivity contribution in [2.75, 3.05) is 0 Å². The van der Waals surface area contributed by atoms with Gasteiger partial charge < -0.3 is 5.32 Å². The Labute approximate surface area is 133 Å². The molecule has 21 heavy (non-hydrogen) atoms. The molecule has 114 valence electrons. The molecule has 0 aliphatic rings. The first-order chi connectivity index (χ1) is 10.1. The van der Waals surface area contributed by atoms with Crippen LogP contribution in [0.3, 0.4) is 0 Å². The molecule has 0 aliphatic carbocycles. The van der Waals surface area contributed by atoms with E-state index in [0.717, 1.165) is 28.8 Å². The van der Waals surface area contributed by atoms with E-state index in [4.69, 9.17) is 0 Å². The average molecular weight is 354 g/mol. The van der Waals surface area contributed by atoms with Crippen molar-refractivity contribution in [3.8, 4) is 0 Å². The lowest BCUT2D eigenvalue weighted by Gasteiger charge is -2.15. The molecule has 0 spiro atoms. The fourth-order valence-corrected chi connectivity index (χ4v) is 3.08. The van der Waals surface area contributed by atoms with Crippen LogP contribution in [0.4, 0.5) is 4.39 Å². The Kier molecular flexibility index (Phi) is 5.53. The second-order valence-corrected chi connectivity index (χ2v) is 5.79. The van der Waals surface area contributed by atoms with E-state index in [-0.39, 0.29) is 11.9 Å².